The zero-order chi connectivity index (χ0) is 14.0. The molecule has 2 aromatic rings. The standard InChI is InChI=1S/C12H12FN3O2S/c1-2-19(17,18)10-7-15-12(14)16-11(10)8-5-3-4-6-9(8)13/h3-7H,2H2,1H3,(H2,14,15,16). The van der Waals surface area contributed by atoms with Crippen LogP contribution in [0, 0.1) is 5.82 Å². The maximum Gasteiger partial charge on any atom is 0.220 e. The smallest absolute Gasteiger partial charge is 0.220 e. The number of hydrogen-bond donors (Lipinski definition) is 1. The first kappa shape index (κ1) is 13.4. The van der Waals surface area contributed by atoms with E-state index in [4.69, 9.17) is 5.73 Å². The van der Waals surface area contributed by atoms with Gasteiger partial charge in [-0.15, -0.1) is 0 Å². The van der Waals surface area contributed by atoms with Gasteiger partial charge >= 0.3 is 0 Å². The lowest BCUT2D eigenvalue weighted by molar-refractivity contribution is 0.596. The molecular formula is C12H12FN3O2S. The Balaban J connectivity index is 2.76. The Bertz CT molecular complexity index is 717. The molecule has 19 heavy (non-hydrogen) atoms. The predicted molar refractivity (Wildman–Crippen MR) is 69.6 cm³/mol. The highest BCUT2D eigenvalue weighted by atomic mass is 32.2. The normalized spacial score (nSPS) is 11.5. The van der Waals surface area contributed by atoms with E-state index in [9.17, 15) is 12.8 Å². The number of hydrogen-bond acceptors (Lipinski definition) is 5. The van der Waals surface area contributed by atoms with Crippen LogP contribution in [0.15, 0.2) is 35.4 Å². The zero-order valence-corrected chi connectivity index (χ0v) is 11.0. The first-order valence-corrected chi connectivity index (χ1v) is 7.21. The summed E-state index contributed by atoms with van der Waals surface area (Å²) in [7, 11) is -3.56. The second kappa shape index (κ2) is 4.93. The van der Waals surface area contributed by atoms with Crippen LogP contribution in [0.4, 0.5) is 10.3 Å². The monoisotopic (exact) mass is 281 g/mol. The van der Waals surface area contributed by atoms with E-state index in [0.717, 1.165) is 6.20 Å². The van der Waals surface area contributed by atoms with Gasteiger partial charge in [0.05, 0.1) is 17.6 Å². The SMILES string of the molecule is CCS(=O)(=O)c1cnc(N)nc1-c1ccccc1F. The van der Waals surface area contributed by atoms with E-state index in [1.54, 1.807) is 6.07 Å². The molecule has 1 aromatic carbocycles. The van der Waals surface area contributed by atoms with Gasteiger partial charge in [0, 0.05) is 5.56 Å². The first-order valence-electron chi connectivity index (χ1n) is 5.56. The molecule has 1 aromatic heterocycles. The highest BCUT2D eigenvalue weighted by molar-refractivity contribution is 7.91. The van der Waals surface area contributed by atoms with Crippen molar-refractivity contribution >= 4 is 15.8 Å². The number of halogens is 1. The van der Waals surface area contributed by atoms with Crippen molar-refractivity contribution in [3.63, 3.8) is 0 Å². The van der Waals surface area contributed by atoms with Crippen LogP contribution < -0.4 is 5.73 Å². The molecular weight excluding hydrogens is 269 g/mol. The summed E-state index contributed by atoms with van der Waals surface area (Å²) in [6.07, 6.45) is 1.11. The topological polar surface area (TPSA) is 85.9 Å². The summed E-state index contributed by atoms with van der Waals surface area (Å²) in [5.41, 5.74) is 5.54. The van der Waals surface area contributed by atoms with Crippen molar-refractivity contribution in [1.82, 2.24) is 9.97 Å². The average Bonchev–Trinajstić information content (AvgIpc) is 2.39. The fraction of sp³-hybridized carbons (Fsp3) is 0.167. The Morgan fingerprint density at radius 2 is 2.00 bits per heavy atom. The van der Waals surface area contributed by atoms with Gasteiger partial charge in [0.1, 0.15) is 10.7 Å². The van der Waals surface area contributed by atoms with Crippen LogP contribution in [-0.4, -0.2) is 24.1 Å². The van der Waals surface area contributed by atoms with E-state index in [1.807, 2.05) is 0 Å². The maximum atomic E-state index is 13.8. The number of nitrogen functional groups attached to an aromatic ring is 1. The molecule has 0 aliphatic heterocycles. The minimum atomic E-state index is -3.56. The third kappa shape index (κ3) is 2.55. The third-order valence-corrected chi connectivity index (χ3v) is 4.35. The quantitative estimate of drug-likeness (QED) is 0.924. The molecule has 2 N–H and O–H groups in total. The molecule has 0 aliphatic rings. The number of aromatic nitrogens is 2. The molecule has 1 heterocycles. The molecule has 100 valence electrons. The van der Waals surface area contributed by atoms with Gasteiger partial charge in [-0.05, 0) is 12.1 Å². The largest absolute Gasteiger partial charge is 0.368 e. The van der Waals surface area contributed by atoms with Gasteiger partial charge < -0.3 is 5.73 Å². The van der Waals surface area contributed by atoms with Gasteiger partial charge in [-0.1, -0.05) is 19.1 Å². The van der Waals surface area contributed by atoms with E-state index in [1.165, 1.54) is 25.1 Å². The lowest BCUT2D eigenvalue weighted by Crippen LogP contribution is -2.09. The van der Waals surface area contributed by atoms with Crippen molar-refractivity contribution < 1.29 is 12.8 Å². The number of benzene rings is 1. The third-order valence-electron chi connectivity index (χ3n) is 2.62. The number of nitrogens with zero attached hydrogens (tertiary/aromatic N) is 2. The van der Waals surface area contributed by atoms with Crippen molar-refractivity contribution in [3.05, 3.63) is 36.3 Å². The van der Waals surface area contributed by atoms with Crippen molar-refractivity contribution in [1.29, 1.82) is 0 Å². The lowest BCUT2D eigenvalue weighted by Gasteiger charge is -2.09. The number of anilines is 1. The van der Waals surface area contributed by atoms with Crippen LogP contribution in [0.3, 0.4) is 0 Å². The minimum Gasteiger partial charge on any atom is -0.368 e. The maximum absolute atomic E-state index is 13.8. The van der Waals surface area contributed by atoms with E-state index in [-0.39, 0.29) is 27.9 Å². The fourth-order valence-electron chi connectivity index (χ4n) is 1.61. The summed E-state index contributed by atoms with van der Waals surface area (Å²) >= 11 is 0. The molecule has 0 fully saturated rings. The fourth-order valence-corrected chi connectivity index (χ4v) is 2.59. The Morgan fingerprint density at radius 3 is 2.63 bits per heavy atom. The molecule has 7 heteroatoms. The van der Waals surface area contributed by atoms with Crippen molar-refractivity contribution in [2.24, 2.45) is 0 Å². The van der Waals surface area contributed by atoms with E-state index < -0.39 is 15.7 Å². The predicted octanol–water partition coefficient (Wildman–Crippen LogP) is 1.66. The van der Waals surface area contributed by atoms with Crippen LogP contribution >= 0.6 is 0 Å². The molecule has 0 unspecified atom stereocenters. The van der Waals surface area contributed by atoms with Crippen LogP contribution in [0.5, 0.6) is 0 Å². The van der Waals surface area contributed by atoms with E-state index >= 15 is 0 Å². The second-order valence-electron chi connectivity index (χ2n) is 3.82. The number of sulfone groups is 1. The number of nitrogens with two attached hydrogens (primary N) is 1. The number of rotatable bonds is 3. The van der Waals surface area contributed by atoms with E-state index in [2.05, 4.69) is 9.97 Å². The van der Waals surface area contributed by atoms with Crippen molar-refractivity contribution in [3.8, 4) is 11.3 Å². The highest BCUT2D eigenvalue weighted by Crippen LogP contribution is 2.28. The van der Waals surface area contributed by atoms with Crippen LogP contribution in [0.1, 0.15) is 6.92 Å². The molecule has 0 bridgehead atoms. The van der Waals surface area contributed by atoms with Crippen LogP contribution in [-0.2, 0) is 9.84 Å². The average molecular weight is 281 g/mol. The van der Waals surface area contributed by atoms with Crippen LogP contribution in [0.2, 0.25) is 0 Å². The van der Waals surface area contributed by atoms with E-state index in [0.29, 0.717) is 0 Å². The van der Waals surface area contributed by atoms with Gasteiger partial charge in [0.15, 0.2) is 9.84 Å². The van der Waals surface area contributed by atoms with Gasteiger partial charge in [-0.25, -0.2) is 22.8 Å². The van der Waals surface area contributed by atoms with Gasteiger partial charge in [-0.2, -0.15) is 0 Å². The Hall–Kier alpha value is -2.02. The summed E-state index contributed by atoms with van der Waals surface area (Å²) in [5, 5.41) is 0. The van der Waals surface area contributed by atoms with Crippen molar-refractivity contribution in [2.45, 2.75) is 11.8 Å². The van der Waals surface area contributed by atoms with Gasteiger partial charge in [-0.3, -0.25) is 0 Å². The molecule has 0 saturated heterocycles. The minimum absolute atomic E-state index is 0.00699. The molecule has 5 nitrogen and oxygen atoms in total. The van der Waals surface area contributed by atoms with Crippen molar-refractivity contribution in [2.75, 3.05) is 11.5 Å². The molecule has 2 rings (SSSR count). The van der Waals surface area contributed by atoms with Crippen LogP contribution in [0.25, 0.3) is 11.3 Å². The molecule has 0 atom stereocenters. The zero-order valence-electron chi connectivity index (χ0n) is 10.2. The molecule has 0 radical (unpaired) electrons. The summed E-state index contributed by atoms with van der Waals surface area (Å²) in [5.74, 6) is -0.789. The Morgan fingerprint density at radius 1 is 1.32 bits per heavy atom. The molecule has 0 aliphatic carbocycles. The van der Waals surface area contributed by atoms with Gasteiger partial charge in [0.2, 0.25) is 5.95 Å². The summed E-state index contributed by atoms with van der Waals surface area (Å²) in [6, 6.07) is 5.79. The summed E-state index contributed by atoms with van der Waals surface area (Å²) in [4.78, 5) is 7.42. The summed E-state index contributed by atoms with van der Waals surface area (Å²) < 4.78 is 37.7. The molecule has 0 saturated carbocycles. The first-order chi connectivity index (χ1) is 8.95. The Kier molecular flexibility index (Phi) is 3.48. The van der Waals surface area contributed by atoms with Gasteiger partial charge in [0.25, 0.3) is 0 Å². The second-order valence-corrected chi connectivity index (χ2v) is 6.07. The molecule has 0 spiro atoms. The summed E-state index contributed by atoms with van der Waals surface area (Å²) in [6.45, 7) is 1.50. The lowest BCUT2D eigenvalue weighted by atomic mass is 10.1. The highest BCUT2D eigenvalue weighted by Gasteiger charge is 2.21. The molecule has 0 amide bonds. The Labute approximate surface area is 110 Å².